The van der Waals surface area contributed by atoms with Gasteiger partial charge in [0.2, 0.25) is 5.91 Å². The van der Waals surface area contributed by atoms with Crippen molar-refractivity contribution in [3.63, 3.8) is 0 Å². The van der Waals surface area contributed by atoms with Crippen molar-refractivity contribution in [2.75, 3.05) is 7.11 Å². The molecular weight excluding hydrogens is 440 g/mol. The van der Waals surface area contributed by atoms with Gasteiger partial charge in [0.25, 0.3) is 0 Å². The fourth-order valence-corrected chi connectivity index (χ4v) is 5.70. The zero-order valence-electron chi connectivity index (χ0n) is 21.9. The molecular formula is C24H44N2O6Si. The molecule has 2 amide bonds. The van der Waals surface area contributed by atoms with E-state index in [1.54, 1.807) is 25.7 Å². The van der Waals surface area contributed by atoms with Crippen molar-refractivity contribution in [1.29, 1.82) is 0 Å². The number of rotatable bonds is 4. The van der Waals surface area contributed by atoms with Gasteiger partial charge in [0, 0.05) is 6.42 Å². The van der Waals surface area contributed by atoms with Crippen LogP contribution in [0.25, 0.3) is 0 Å². The molecule has 2 rings (SSSR count). The van der Waals surface area contributed by atoms with E-state index in [1.807, 2.05) is 0 Å². The van der Waals surface area contributed by atoms with Gasteiger partial charge in [-0.05, 0) is 51.7 Å². The first-order chi connectivity index (χ1) is 15.1. The maximum Gasteiger partial charge on any atom is 0.408 e. The highest BCUT2D eigenvalue weighted by Crippen LogP contribution is 2.41. The van der Waals surface area contributed by atoms with Gasteiger partial charge in [-0.15, -0.1) is 0 Å². The molecule has 2 fully saturated rings. The third-order valence-corrected chi connectivity index (χ3v) is 11.5. The standard InChI is InChI=1S/C24H44N2O6Si/c1-23(2,3)31-22(29)25-16-13-11-10-12-14-17-19(32-33(8,9)24(4,5)6)15-18(21(28)30-7)26(17)20(16)27/h16-19H,10-15H2,1-9H3,(H,25,29)/t16-,17-,18-,19+/m0/s1. The molecule has 190 valence electrons. The molecule has 2 aliphatic heterocycles. The van der Waals surface area contributed by atoms with Crippen molar-refractivity contribution >= 4 is 26.3 Å². The number of nitrogens with zero attached hydrogens (tertiary/aromatic N) is 1. The molecule has 4 atom stereocenters. The normalized spacial score (nSPS) is 27.2. The van der Waals surface area contributed by atoms with Gasteiger partial charge < -0.3 is 24.1 Å². The van der Waals surface area contributed by atoms with Crippen molar-refractivity contribution in [2.24, 2.45) is 0 Å². The van der Waals surface area contributed by atoms with Crippen LogP contribution in [0.1, 0.15) is 80.1 Å². The smallest absolute Gasteiger partial charge is 0.408 e. The van der Waals surface area contributed by atoms with Crippen LogP contribution in [0.5, 0.6) is 0 Å². The van der Waals surface area contributed by atoms with Crippen molar-refractivity contribution in [2.45, 2.75) is 128 Å². The molecule has 0 aliphatic carbocycles. The summed E-state index contributed by atoms with van der Waals surface area (Å²) in [6.45, 7) is 16.3. The number of nitrogens with one attached hydrogen (secondary N) is 1. The summed E-state index contributed by atoms with van der Waals surface area (Å²) < 4.78 is 17.2. The third kappa shape index (κ3) is 6.94. The third-order valence-electron chi connectivity index (χ3n) is 7.04. The van der Waals surface area contributed by atoms with Crippen molar-refractivity contribution < 1.29 is 28.3 Å². The van der Waals surface area contributed by atoms with Crippen LogP contribution < -0.4 is 5.32 Å². The van der Waals surface area contributed by atoms with Crippen LogP contribution in [0.15, 0.2) is 0 Å². The molecule has 0 aromatic heterocycles. The summed E-state index contributed by atoms with van der Waals surface area (Å²) in [5.41, 5.74) is -0.668. The molecule has 1 N–H and O–H groups in total. The molecule has 8 nitrogen and oxygen atoms in total. The summed E-state index contributed by atoms with van der Waals surface area (Å²) in [6.07, 6.45) is 3.50. The SMILES string of the molecule is COC(=O)[C@@H]1C[C@@H](O[Si](C)(C)C(C)(C)C)[C@@H]2CCCCC[C@H](NC(=O)OC(C)(C)C)C(=O)N12. The van der Waals surface area contributed by atoms with Gasteiger partial charge in [0.15, 0.2) is 8.32 Å². The average Bonchev–Trinajstić information content (AvgIpc) is 3.02. The first-order valence-corrected chi connectivity index (χ1v) is 15.1. The van der Waals surface area contributed by atoms with E-state index < -0.39 is 38.1 Å². The Morgan fingerprint density at radius 3 is 2.18 bits per heavy atom. The van der Waals surface area contributed by atoms with Crippen molar-refractivity contribution in [3.8, 4) is 0 Å². The average molecular weight is 485 g/mol. The fraction of sp³-hybridized carbons (Fsp3) is 0.875. The largest absolute Gasteiger partial charge is 0.467 e. The molecule has 0 unspecified atom stereocenters. The quantitative estimate of drug-likeness (QED) is 0.470. The predicted molar refractivity (Wildman–Crippen MR) is 129 cm³/mol. The van der Waals surface area contributed by atoms with E-state index in [1.165, 1.54) is 7.11 Å². The number of ether oxygens (including phenoxy) is 2. The van der Waals surface area contributed by atoms with Crippen LogP contribution in [-0.4, -0.2) is 68.1 Å². The zero-order chi connectivity index (χ0) is 25.2. The van der Waals surface area contributed by atoms with E-state index in [9.17, 15) is 14.4 Å². The second-order valence-electron chi connectivity index (χ2n) is 11.8. The molecule has 0 aromatic rings. The Labute approximate surface area is 200 Å². The lowest BCUT2D eigenvalue weighted by Crippen LogP contribution is -2.55. The van der Waals surface area contributed by atoms with Crippen LogP contribution in [-0.2, 0) is 23.5 Å². The second kappa shape index (κ2) is 10.3. The zero-order valence-corrected chi connectivity index (χ0v) is 22.9. The van der Waals surface area contributed by atoms with E-state index in [4.69, 9.17) is 13.9 Å². The van der Waals surface area contributed by atoms with Gasteiger partial charge in [0.05, 0.1) is 19.3 Å². The van der Waals surface area contributed by atoms with Crippen molar-refractivity contribution in [1.82, 2.24) is 10.2 Å². The Morgan fingerprint density at radius 1 is 1.03 bits per heavy atom. The minimum Gasteiger partial charge on any atom is -0.467 e. The molecule has 0 bridgehead atoms. The van der Waals surface area contributed by atoms with Crippen LogP contribution >= 0.6 is 0 Å². The molecule has 2 heterocycles. The van der Waals surface area contributed by atoms with Crippen molar-refractivity contribution in [3.05, 3.63) is 0 Å². The van der Waals surface area contributed by atoms with Crippen LogP contribution in [0.4, 0.5) is 4.79 Å². The van der Waals surface area contributed by atoms with Gasteiger partial charge >= 0.3 is 12.1 Å². The van der Waals surface area contributed by atoms with E-state index in [-0.39, 0.29) is 23.1 Å². The number of alkyl carbamates (subject to hydrolysis) is 1. The van der Waals surface area contributed by atoms with E-state index in [2.05, 4.69) is 39.2 Å². The molecule has 9 heteroatoms. The summed E-state index contributed by atoms with van der Waals surface area (Å²) in [7, 11) is -0.790. The minimum atomic E-state index is -2.13. The lowest BCUT2D eigenvalue weighted by Gasteiger charge is -2.40. The predicted octanol–water partition coefficient (Wildman–Crippen LogP) is 4.38. The number of methoxy groups -OCH3 is 1. The van der Waals surface area contributed by atoms with E-state index in [0.717, 1.165) is 25.7 Å². The number of esters is 1. The highest BCUT2D eigenvalue weighted by molar-refractivity contribution is 6.74. The summed E-state index contributed by atoms with van der Waals surface area (Å²) in [5, 5.41) is 2.77. The topological polar surface area (TPSA) is 94.2 Å². The maximum atomic E-state index is 13.8. The number of carbonyl (C=O) groups is 3. The molecule has 0 spiro atoms. The number of amides is 2. The van der Waals surface area contributed by atoms with Gasteiger partial charge in [0.1, 0.15) is 17.7 Å². The highest BCUT2D eigenvalue weighted by Gasteiger charge is 2.52. The summed E-state index contributed by atoms with van der Waals surface area (Å²) in [5.74, 6) is -0.700. The fourth-order valence-electron chi connectivity index (χ4n) is 4.34. The molecule has 2 aliphatic rings. The minimum absolute atomic E-state index is 0.00447. The Hall–Kier alpha value is -1.61. The van der Waals surface area contributed by atoms with E-state index in [0.29, 0.717) is 12.8 Å². The lowest BCUT2D eigenvalue weighted by atomic mass is 10.0. The number of fused-ring (bicyclic) bond motifs is 1. The summed E-state index contributed by atoms with van der Waals surface area (Å²) in [6, 6.07) is -1.70. The Morgan fingerprint density at radius 2 is 1.64 bits per heavy atom. The van der Waals surface area contributed by atoms with Crippen LogP contribution in [0, 0.1) is 0 Å². The first-order valence-electron chi connectivity index (χ1n) is 12.1. The first kappa shape index (κ1) is 27.6. The van der Waals surface area contributed by atoms with E-state index >= 15 is 0 Å². The molecule has 2 saturated heterocycles. The van der Waals surface area contributed by atoms with Gasteiger partial charge in [-0.3, -0.25) is 4.79 Å². The highest BCUT2D eigenvalue weighted by atomic mass is 28.4. The number of hydrogen-bond acceptors (Lipinski definition) is 6. The summed E-state index contributed by atoms with van der Waals surface area (Å²) in [4.78, 5) is 40.6. The molecule has 33 heavy (non-hydrogen) atoms. The van der Waals surface area contributed by atoms with Gasteiger partial charge in [-0.25, -0.2) is 9.59 Å². The lowest BCUT2D eigenvalue weighted by molar-refractivity contribution is -0.153. The Bertz CT molecular complexity index is 727. The second-order valence-corrected chi connectivity index (χ2v) is 16.6. The number of hydrogen-bond donors (Lipinski definition) is 1. The van der Waals surface area contributed by atoms with Gasteiger partial charge in [-0.2, -0.15) is 0 Å². The molecule has 0 saturated carbocycles. The Kier molecular flexibility index (Phi) is 8.65. The van der Waals surface area contributed by atoms with Gasteiger partial charge in [-0.1, -0.05) is 40.0 Å². The van der Waals surface area contributed by atoms with Crippen LogP contribution in [0.3, 0.4) is 0 Å². The van der Waals surface area contributed by atoms with Crippen LogP contribution in [0.2, 0.25) is 18.1 Å². The Balaban J connectivity index is 2.36. The molecule has 0 radical (unpaired) electrons. The maximum absolute atomic E-state index is 13.8. The molecule has 0 aromatic carbocycles. The monoisotopic (exact) mass is 484 g/mol. The summed E-state index contributed by atoms with van der Waals surface area (Å²) >= 11 is 0. The number of carbonyl (C=O) groups excluding carboxylic acids is 3.